The molecule has 0 atom stereocenters. The minimum atomic E-state index is -0.693. The molecule has 0 aliphatic carbocycles. The molecule has 6 heteroatoms. The van der Waals surface area contributed by atoms with Crippen LogP contribution in [0.2, 0.25) is 0 Å². The van der Waals surface area contributed by atoms with Gasteiger partial charge >= 0.3 is 11.6 Å². The summed E-state index contributed by atoms with van der Waals surface area (Å²) in [5.74, 6) is -0.840. The predicted octanol–water partition coefficient (Wildman–Crippen LogP) is 3.64. The molecule has 0 saturated heterocycles. The minimum Gasteiger partial charge on any atom is -0.452 e. The number of hydrogen-bond donors (Lipinski definition) is 0. The van der Waals surface area contributed by atoms with Crippen LogP contribution in [0.15, 0.2) is 75.9 Å². The number of esters is 1. The predicted molar refractivity (Wildman–Crippen MR) is 112 cm³/mol. The van der Waals surface area contributed by atoms with Crippen LogP contribution in [0.25, 0.3) is 0 Å². The van der Waals surface area contributed by atoms with Crippen LogP contribution in [-0.2, 0) is 22.6 Å². The summed E-state index contributed by atoms with van der Waals surface area (Å²) in [6, 6.07) is 20.5. The van der Waals surface area contributed by atoms with Gasteiger partial charge < -0.3 is 14.1 Å². The van der Waals surface area contributed by atoms with Crippen LogP contribution >= 0.6 is 0 Å². The summed E-state index contributed by atoms with van der Waals surface area (Å²) in [6.07, 6.45) is 0. The molecular formula is C24H23NO5. The lowest BCUT2D eigenvalue weighted by atomic mass is 10.1. The van der Waals surface area contributed by atoms with Crippen molar-refractivity contribution in [1.29, 1.82) is 0 Å². The first-order chi connectivity index (χ1) is 14.4. The van der Waals surface area contributed by atoms with E-state index in [9.17, 15) is 14.4 Å². The van der Waals surface area contributed by atoms with E-state index in [-0.39, 0.29) is 17.2 Å². The lowest BCUT2D eigenvalue weighted by Gasteiger charge is -2.23. The lowest BCUT2D eigenvalue weighted by molar-refractivity contribution is -0.135. The van der Waals surface area contributed by atoms with Crippen LogP contribution < -0.4 is 5.63 Å². The largest absolute Gasteiger partial charge is 0.452 e. The molecule has 6 nitrogen and oxygen atoms in total. The standard InChI is InChI=1S/C24H23NO5/c1-17-13-22(27)30-18(2)23(17)24(28)29-16-21(26)25(14-19-9-5-3-6-10-19)15-20-11-7-4-8-12-20/h3-13H,14-16H2,1-2H3. The fourth-order valence-corrected chi connectivity index (χ4v) is 3.19. The van der Waals surface area contributed by atoms with Gasteiger partial charge in [-0.15, -0.1) is 0 Å². The first kappa shape index (κ1) is 21.0. The van der Waals surface area contributed by atoms with Crippen LogP contribution in [0, 0.1) is 13.8 Å². The van der Waals surface area contributed by atoms with E-state index in [4.69, 9.17) is 9.15 Å². The van der Waals surface area contributed by atoms with Gasteiger partial charge in [0.1, 0.15) is 11.3 Å². The zero-order chi connectivity index (χ0) is 21.5. The van der Waals surface area contributed by atoms with Crippen molar-refractivity contribution in [2.24, 2.45) is 0 Å². The smallest absolute Gasteiger partial charge is 0.342 e. The summed E-state index contributed by atoms with van der Waals surface area (Å²) in [6.45, 7) is 3.52. The number of amides is 1. The molecule has 0 radical (unpaired) electrons. The van der Waals surface area contributed by atoms with E-state index in [0.29, 0.717) is 18.7 Å². The molecule has 0 fully saturated rings. The Morgan fingerprint density at radius 3 is 1.93 bits per heavy atom. The van der Waals surface area contributed by atoms with Gasteiger partial charge in [-0.25, -0.2) is 9.59 Å². The van der Waals surface area contributed by atoms with Crippen LogP contribution in [0.5, 0.6) is 0 Å². The van der Waals surface area contributed by atoms with Crippen molar-refractivity contribution in [2.45, 2.75) is 26.9 Å². The molecule has 1 heterocycles. The molecule has 3 aromatic rings. The maximum Gasteiger partial charge on any atom is 0.342 e. The zero-order valence-corrected chi connectivity index (χ0v) is 17.0. The number of benzene rings is 2. The minimum absolute atomic E-state index is 0.167. The highest BCUT2D eigenvalue weighted by molar-refractivity contribution is 5.93. The number of carbonyl (C=O) groups excluding carboxylic acids is 2. The average molecular weight is 405 g/mol. The molecule has 1 amide bonds. The van der Waals surface area contributed by atoms with Gasteiger partial charge in [0.2, 0.25) is 0 Å². The Kier molecular flexibility index (Phi) is 6.80. The number of ether oxygens (including phenoxy) is 1. The molecule has 0 unspecified atom stereocenters. The van der Waals surface area contributed by atoms with Gasteiger partial charge in [-0.3, -0.25) is 4.79 Å². The number of carbonyl (C=O) groups is 2. The summed E-state index contributed by atoms with van der Waals surface area (Å²) in [7, 11) is 0. The second-order valence-electron chi connectivity index (χ2n) is 6.98. The Labute approximate surface area is 174 Å². The molecule has 2 aromatic carbocycles. The van der Waals surface area contributed by atoms with E-state index < -0.39 is 18.2 Å². The fraction of sp³-hybridized carbons (Fsp3) is 0.208. The summed E-state index contributed by atoms with van der Waals surface area (Å²) in [5, 5.41) is 0. The van der Waals surface area contributed by atoms with Crippen LogP contribution in [0.4, 0.5) is 0 Å². The quantitative estimate of drug-likeness (QED) is 0.561. The maximum atomic E-state index is 12.9. The van der Waals surface area contributed by atoms with Gasteiger partial charge in [-0.05, 0) is 30.5 Å². The molecular weight excluding hydrogens is 382 g/mol. The summed E-state index contributed by atoms with van der Waals surface area (Å²) >= 11 is 0. The number of aryl methyl sites for hydroxylation is 2. The normalized spacial score (nSPS) is 10.5. The summed E-state index contributed by atoms with van der Waals surface area (Å²) in [4.78, 5) is 38.4. The molecule has 30 heavy (non-hydrogen) atoms. The van der Waals surface area contributed by atoms with E-state index in [1.807, 2.05) is 60.7 Å². The molecule has 0 saturated carbocycles. The van der Waals surface area contributed by atoms with Crippen molar-refractivity contribution in [3.8, 4) is 0 Å². The van der Waals surface area contributed by atoms with Crippen molar-refractivity contribution in [3.63, 3.8) is 0 Å². The second-order valence-corrected chi connectivity index (χ2v) is 6.98. The van der Waals surface area contributed by atoms with E-state index in [2.05, 4.69) is 0 Å². The van der Waals surface area contributed by atoms with Crippen LogP contribution in [0.3, 0.4) is 0 Å². The highest BCUT2D eigenvalue weighted by Crippen LogP contribution is 2.14. The van der Waals surface area contributed by atoms with Gasteiger partial charge in [0.05, 0.1) is 0 Å². The van der Waals surface area contributed by atoms with Gasteiger partial charge in [0.15, 0.2) is 6.61 Å². The van der Waals surface area contributed by atoms with E-state index in [1.165, 1.54) is 13.0 Å². The van der Waals surface area contributed by atoms with E-state index in [1.54, 1.807) is 11.8 Å². The second kappa shape index (κ2) is 9.69. The number of rotatable bonds is 7. The van der Waals surface area contributed by atoms with Crippen molar-refractivity contribution in [3.05, 3.63) is 105 Å². The number of hydrogen-bond acceptors (Lipinski definition) is 5. The Balaban J connectivity index is 1.72. The molecule has 0 N–H and O–H groups in total. The van der Waals surface area contributed by atoms with Gasteiger partial charge in [0.25, 0.3) is 5.91 Å². The van der Waals surface area contributed by atoms with Gasteiger partial charge in [-0.2, -0.15) is 0 Å². The van der Waals surface area contributed by atoms with E-state index in [0.717, 1.165) is 11.1 Å². The SMILES string of the molecule is Cc1cc(=O)oc(C)c1C(=O)OCC(=O)N(Cc1ccccc1)Cc1ccccc1. The van der Waals surface area contributed by atoms with E-state index >= 15 is 0 Å². The third-order valence-electron chi connectivity index (χ3n) is 4.65. The molecule has 3 rings (SSSR count). The highest BCUT2D eigenvalue weighted by atomic mass is 16.5. The molecule has 154 valence electrons. The van der Waals surface area contributed by atoms with Crippen molar-refractivity contribution in [1.82, 2.24) is 4.90 Å². The zero-order valence-electron chi connectivity index (χ0n) is 17.0. The van der Waals surface area contributed by atoms with Crippen molar-refractivity contribution in [2.75, 3.05) is 6.61 Å². The third kappa shape index (κ3) is 5.44. The Morgan fingerprint density at radius 1 is 0.900 bits per heavy atom. The van der Waals surface area contributed by atoms with Gasteiger partial charge in [0, 0.05) is 19.2 Å². The van der Waals surface area contributed by atoms with Crippen LogP contribution in [-0.4, -0.2) is 23.4 Å². The summed E-state index contributed by atoms with van der Waals surface area (Å²) < 4.78 is 10.2. The number of nitrogens with zero attached hydrogens (tertiary/aromatic N) is 1. The maximum absolute atomic E-state index is 12.9. The first-order valence-electron chi connectivity index (χ1n) is 9.58. The monoisotopic (exact) mass is 405 g/mol. The topological polar surface area (TPSA) is 76.8 Å². The Morgan fingerprint density at radius 2 is 1.43 bits per heavy atom. The van der Waals surface area contributed by atoms with Crippen molar-refractivity contribution < 1.29 is 18.7 Å². The van der Waals surface area contributed by atoms with Gasteiger partial charge in [-0.1, -0.05) is 60.7 Å². The Hall–Kier alpha value is -3.67. The Bertz CT molecular complexity index is 1010. The third-order valence-corrected chi connectivity index (χ3v) is 4.65. The van der Waals surface area contributed by atoms with Crippen LogP contribution in [0.1, 0.15) is 32.8 Å². The molecule has 0 spiro atoms. The lowest BCUT2D eigenvalue weighted by Crippen LogP contribution is -2.34. The first-order valence-corrected chi connectivity index (χ1v) is 9.58. The fourth-order valence-electron chi connectivity index (χ4n) is 3.19. The molecule has 0 aliphatic heterocycles. The summed E-state index contributed by atoms with van der Waals surface area (Å²) in [5.41, 5.74) is 2.04. The molecule has 0 aliphatic rings. The highest BCUT2D eigenvalue weighted by Gasteiger charge is 2.21. The molecule has 1 aromatic heterocycles. The average Bonchev–Trinajstić information content (AvgIpc) is 2.72. The molecule has 0 bridgehead atoms. The van der Waals surface area contributed by atoms with Crippen molar-refractivity contribution >= 4 is 11.9 Å².